The van der Waals surface area contributed by atoms with E-state index in [1.807, 2.05) is 6.07 Å². The zero-order valence-corrected chi connectivity index (χ0v) is 29.5. The van der Waals surface area contributed by atoms with Crippen LogP contribution in [0.1, 0.15) is 0 Å². The molecule has 0 amide bonds. The van der Waals surface area contributed by atoms with Gasteiger partial charge >= 0.3 is 0 Å². The van der Waals surface area contributed by atoms with Crippen LogP contribution in [0.2, 0.25) is 0 Å². The van der Waals surface area contributed by atoms with E-state index in [0.29, 0.717) is 0 Å². The highest BCUT2D eigenvalue weighted by atomic mass is 15.1. The van der Waals surface area contributed by atoms with Gasteiger partial charge in [0.2, 0.25) is 0 Å². The van der Waals surface area contributed by atoms with E-state index >= 15 is 0 Å². The van der Waals surface area contributed by atoms with Crippen molar-refractivity contribution in [2.24, 2.45) is 0 Å². The van der Waals surface area contributed by atoms with Gasteiger partial charge in [0, 0.05) is 54.3 Å². The normalized spacial score (nSPS) is 12.4. The van der Waals surface area contributed by atoms with Gasteiger partial charge in [-0.25, -0.2) is 9.97 Å². The molecule has 5 aromatic heterocycles. The SMILES string of the molecule is c1ccc(-n2c3ccccc3c3ccc(-c4nc5ccccc5nc4-n4c5ccccc5c5cc6c7ccccc7n7c8ccccc8c(c54)c67)cc32)cc1. The summed E-state index contributed by atoms with van der Waals surface area (Å²) in [7, 11) is 0. The lowest BCUT2D eigenvalue weighted by molar-refractivity contribution is 1.08. The second-order valence-corrected chi connectivity index (χ2v) is 14.6. The fraction of sp³-hybridized carbons (Fsp3) is 0. The molecule has 0 aliphatic rings. The molecule has 0 aliphatic carbocycles. The van der Waals surface area contributed by atoms with Crippen LogP contribution in [-0.4, -0.2) is 23.5 Å². The van der Waals surface area contributed by atoms with E-state index in [1.165, 1.54) is 65.2 Å². The molecule has 5 heteroatoms. The summed E-state index contributed by atoms with van der Waals surface area (Å²) in [6, 6.07) is 63.2. The van der Waals surface area contributed by atoms with Crippen LogP contribution in [0.25, 0.3) is 116 Å². The van der Waals surface area contributed by atoms with Crippen LogP contribution in [0.4, 0.5) is 0 Å². The van der Waals surface area contributed by atoms with Crippen molar-refractivity contribution in [3.63, 3.8) is 0 Å². The molecule has 254 valence electrons. The van der Waals surface area contributed by atoms with Crippen molar-refractivity contribution < 1.29 is 0 Å². The highest BCUT2D eigenvalue weighted by Crippen LogP contribution is 2.47. The number of hydrogen-bond acceptors (Lipinski definition) is 2. The predicted octanol–water partition coefficient (Wildman–Crippen LogP) is 12.6. The minimum absolute atomic E-state index is 0.814. The van der Waals surface area contributed by atoms with Gasteiger partial charge in [0.15, 0.2) is 5.82 Å². The van der Waals surface area contributed by atoms with Gasteiger partial charge in [-0.2, -0.15) is 0 Å². The number of aromatic nitrogens is 5. The molecule has 0 spiro atoms. The maximum atomic E-state index is 5.56. The number of rotatable bonds is 3. The molecule has 13 rings (SSSR count). The fourth-order valence-corrected chi connectivity index (χ4v) is 9.49. The summed E-state index contributed by atoms with van der Waals surface area (Å²) in [4.78, 5) is 11.0. The number of para-hydroxylation sites is 7. The number of benzene rings is 8. The Bertz CT molecular complexity index is 3720. The molecule has 8 aromatic carbocycles. The van der Waals surface area contributed by atoms with Crippen LogP contribution in [0, 0.1) is 0 Å². The van der Waals surface area contributed by atoms with Crippen LogP contribution in [-0.2, 0) is 0 Å². The van der Waals surface area contributed by atoms with Crippen molar-refractivity contribution >= 4 is 92.7 Å². The third kappa shape index (κ3) is 3.76. The minimum atomic E-state index is 0.814. The van der Waals surface area contributed by atoms with Gasteiger partial charge in [-0.05, 0) is 60.7 Å². The Hall–Kier alpha value is -7.50. The monoisotopic (exact) mass is 699 g/mol. The maximum absolute atomic E-state index is 5.56. The van der Waals surface area contributed by atoms with E-state index < -0.39 is 0 Å². The van der Waals surface area contributed by atoms with Gasteiger partial charge in [-0.1, -0.05) is 115 Å². The smallest absolute Gasteiger partial charge is 0.165 e. The zero-order valence-electron chi connectivity index (χ0n) is 29.5. The van der Waals surface area contributed by atoms with Crippen molar-refractivity contribution in [3.05, 3.63) is 176 Å². The lowest BCUT2D eigenvalue weighted by Gasteiger charge is -2.15. The van der Waals surface area contributed by atoms with Gasteiger partial charge in [0.05, 0.1) is 49.7 Å². The van der Waals surface area contributed by atoms with Crippen molar-refractivity contribution in [2.75, 3.05) is 0 Å². The van der Waals surface area contributed by atoms with E-state index in [1.54, 1.807) is 0 Å². The summed E-state index contributed by atoms with van der Waals surface area (Å²) in [5.41, 5.74) is 12.9. The van der Waals surface area contributed by atoms with E-state index in [2.05, 4.69) is 183 Å². The van der Waals surface area contributed by atoms with Crippen LogP contribution in [0.3, 0.4) is 0 Å². The summed E-state index contributed by atoms with van der Waals surface area (Å²) in [5, 5.41) is 9.82. The van der Waals surface area contributed by atoms with Crippen molar-refractivity contribution in [1.29, 1.82) is 0 Å². The Kier molecular flexibility index (Phi) is 5.57. The molecule has 5 nitrogen and oxygen atoms in total. The highest BCUT2D eigenvalue weighted by molar-refractivity contribution is 6.34. The summed E-state index contributed by atoms with van der Waals surface area (Å²) in [6.07, 6.45) is 0. The van der Waals surface area contributed by atoms with E-state index in [-0.39, 0.29) is 0 Å². The second kappa shape index (κ2) is 10.6. The highest BCUT2D eigenvalue weighted by Gasteiger charge is 2.26. The van der Waals surface area contributed by atoms with Gasteiger partial charge in [0.25, 0.3) is 0 Å². The molecule has 13 aromatic rings. The number of nitrogens with zero attached hydrogens (tertiary/aromatic N) is 5. The predicted molar refractivity (Wildman–Crippen MR) is 228 cm³/mol. The van der Waals surface area contributed by atoms with E-state index in [9.17, 15) is 0 Å². The standard InChI is InChI=1S/C50H29N5/c1-2-14-31(15-3-1)53-41-22-10-4-16-32(41)35-27-26-30(28-45(35)53)47-50(52-40-21-9-8-20-39(40)51-47)55-43-24-12-6-18-34(43)38-29-37-33-17-5-11-23-42(33)54-44-25-13-7-19-36(44)46(48(37)54)49(38)55/h1-29H. The van der Waals surface area contributed by atoms with E-state index in [4.69, 9.17) is 9.97 Å². The molecule has 5 heterocycles. The Morgan fingerprint density at radius 2 is 0.873 bits per heavy atom. The molecular formula is C50H29N5. The molecule has 0 saturated heterocycles. The Balaban J connectivity index is 1.21. The molecule has 0 atom stereocenters. The molecule has 0 N–H and O–H groups in total. The van der Waals surface area contributed by atoms with Gasteiger partial charge in [-0.3, -0.25) is 4.57 Å². The molecule has 0 unspecified atom stereocenters. The summed E-state index contributed by atoms with van der Waals surface area (Å²) in [5.74, 6) is 0.814. The molecule has 0 fully saturated rings. The first-order valence-corrected chi connectivity index (χ1v) is 18.8. The molecule has 0 radical (unpaired) electrons. The van der Waals surface area contributed by atoms with Crippen molar-refractivity contribution in [3.8, 4) is 22.8 Å². The molecule has 55 heavy (non-hydrogen) atoms. The average Bonchev–Trinajstić information content (AvgIpc) is 3.97. The largest absolute Gasteiger partial charge is 0.309 e. The topological polar surface area (TPSA) is 40.0 Å². The second-order valence-electron chi connectivity index (χ2n) is 14.6. The first kappa shape index (κ1) is 29.0. The summed E-state index contributed by atoms with van der Waals surface area (Å²) < 4.78 is 7.23. The average molecular weight is 700 g/mol. The third-order valence-corrected chi connectivity index (χ3v) is 11.7. The molecular weight excluding hydrogens is 671 g/mol. The first-order valence-electron chi connectivity index (χ1n) is 18.8. The quantitative estimate of drug-likeness (QED) is 0.184. The zero-order chi connectivity index (χ0) is 35.8. The lowest BCUT2D eigenvalue weighted by atomic mass is 10.0. The summed E-state index contributed by atoms with van der Waals surface area (Å²) in [6.45, 7) is 0. The first-order chi connectivity index (χ1) is 27.3. The number of hydrogen-bond donors (Lipinski definition) is 0. The fourth-order valence-electron chi connectivity index (χ4n) is 9.49. The van der Waals surface area contributed by atoms with Gasteiger partial charge in [0.1, 0.15) is 5.69 Å². The Morgan fingerprint density at radius 1 is 0.345 bits per heavy atom. The summed E-state index contributed by atoms with van der Waals surface area (Å²) >= 11 is 0. The van der Waals surface area contributed by atoms with E-state index in [0.717, 1.165) is 50.3 Å². The Labute approximate surface area is 313 Å². The number of fused-ring (bicyclic) bond motifs is 14. The van der Waals surface area contributed by atoms with Crippen LogP contribution >= 0.6 is 0 Å². The van der Waals surface area contributed by atoms with Gasteiger partial charge in [-0.15, -0.1) is 0 Å². The van der Waals surface area contributed by atoms with Crippen LogP contribution in [0.15, 0.2) is 176 Å². The molecule has 0 saturated carbocycles. The lowest BCUT2D eigenvalue weighted by Crippen LogP contribution is -2.04. The third-order valence-electron chi connectivity index (χ3n) is 11.7. The van der Waals surface area contributed by atoms with Crippen LogP contribution in [0.5, 0.6) is 0 Å². The van der Waals surface area contributed by atoms with Crippen LogP contribution < -0.4 is 0 Å². The minimum Gasteiger partial charge on any atom is -0.309 e. The maximum Gasteiger partial charge on any atom is 0.165 e. The van der Waals surface area contributed by atoms with Gasteiger partial charge < -0.3 is 8.97 Å². The Morgan fingerprint density at radius 3 is 1.62 bits per heavy atom. The van der Waals surface area contributed by atoms with Crippen molar-refractivity contribution in [2.45, 2.75) is 0 Å². The molecule has 0 aliphatic heterocycles. The van der Waals surface area contributed by atoms with Crippen molar-refractivity contribution in [1.82, 2.24) is 23.5 Å². The molecule has 0 bridgehead atoms.